The van der Waals surface area contributed by atoms with Crippen molar-refractivity contribution >= 4 is 16.9 Å². The van der Waals surface area contributed by atoms with Crippen LogP contribution in [-0.4, -0.2) is 46.0 Å². The summed E-state index contributed by atoms with van der Waals surface area (Å²) in [4.78, 5) is 32.4. The smallest absolute Gasteiger partial charge is 0.272 e. The fraction of sp³-hybridized carbons (Fsp3) is 0.400. The number of amides is 1. The summed E-state index contributed by atoms with van der Waals surface area (Å²) in [6, 6.07) is 15.8. The lowest BCUT2D eigenvalue weighted by molar-refractivity contribution is 0.0938. The van der Waals surface area contributed by atoms with Crippen LogP contribution >= 0.6 is 0 Å². The van der Waals surface area contributed by atoms with E-state index in [4.69, 9.17) is 0 Å². The van der Waals surface area contributed by atoms with Crippen molar-refractivity contribution in [2.24, 2.45) is 0 Å². The Morgan fingerprint density at radius 3 is 2.74 bits per heavy atom. The second-order valence-electron chi connectivity index (χ2n) is 8.41. The van der Waals surface area contributed by atoms with Crippen molar-refractivity contribution in [2.45, 2.75) is 45.7 Å². The van der Waals surface area contributed by atoms with Gasteiger partial charge in [-0.1, -0.05) is 36.8 Å². The molecule has 1 fully saturated rings. The molecule has 0 unspecified atom stereocenters. The van der Waals surface area contributed by atoms with E-state index in [1.807, 2.05) is 36.4 Å². The number of piperidine rings is 1. The van der Waals surface area contributed by atoms with E-state index in [0.29, 0.717) is 35.9 Å². The number of nitrogens with one attached hydrogen (secondary N) is 1. The first-order chi connectivity index (χ1) is 15.0. The van der Waals surface area contributed by atoms with Gasteiger partial charge in [-0.15, -0.1) is 0 Å². The van der Waals surface area contributed by atoms with E-state index in [1.165, 1.54) is 19.3 Å². The number of fused-ring (bicyclic) bond motifs is 1. The lowest BCUT2D eigenvalue weighted by Gasteiger charge is -2.33. The summed E-state index contributed by atoms with van der Waals surface area (Å²) in [5.74, 6) is -0.105. The zero-order valence-corrected chi connectivity index (χ0v) is 18.3. The van der Waals surface area contributed by atoms with E-state index in [-0.39, 0.29) is 11.5 Å². The zero-order chi connectivity index (χ0) is 21.8. The maximum absolute atomic E-state index is 12.7. The van der Waals surface area contributed by atoms with E-state index in [0.717, 1.165) is 24.2 Å². The van der Waals surface area contributed by atoms with Crippen LogP contribution in [0.4, 0.5) is 0 Å². The molecule has 0 saturated carbocycles. The topological polar surface area (TPSA) is 67.2 Å². The maximum Gasteiger partial charge on any atom is 0.272 e. The van der Waals surface area contributed by atoms with Crippen molar-refractivity contribution in [1.82, 2.24) is 19.8 Å². The third-order valence-electron chi connectivity index (χ3n) is 6.18. The summed E-state index contributed by atoms with van der Waals surface area (Å²) in [5.41, 5.74) is 3.33. The van der Waals surface area contributed by atoms with Crippen LogP contribution in [0, 0.1) is 6.92 Å². The molecule has 1 aromatic heterocycles. The number of hydrogen-bond donors (Lipinski definition) is 1. The van der Waals surface area contributed by atoms with Gasteiger partial charge in [0.2, 0.25) is 0 Å². The molecule has 1 atom stereocenters. The molecule has 6 heteroatoms. The Hall–Kier alpha value is -2.99. The fourth-order valence-corrected chi connectivity index (χ4v) is 4.34. The Balaban J connectivity index is 1.51. The molecule has 0 radical (unpaired) electrons. The minimum Gasteiger partial charge on any atom is -0.351 e. The van der Waals surface area contributed by atoms with Crippen molar-refractivity contribution < 1.29 is 4.79 Å². The number of likely N-dealkylation sites (tertiary alicyclic amines) is 1. The molecular weight excluding hydrogens is 388 g/mol. The van der Waals surface area contributed by atoms with E-state index in [1.54, 1.807) is 23.6 Å². The van der Waals surface area contributed by atoms with Gasteiger partial charge in [0.25, 0.3) is 11.5 Å². The zero-order valence-electron chi connectivity index (χ0n) is 18.3. The fourth-order valence-electron chi connectivity index (χ4n) is 4.34. The second-order valence-corrected chi connectivity index (χ2v) is 8.41. The quantitative estimate of drug-likeness (QED) is 0.667. The van der Waals surface area contributed by atoms with Gasteiger partial charge in [0, 0.05) is 24.7 Å². The lowest BCUT2D eigenvalue weighted by Crippen LogP contribution is -2.42. The van der Waals surface area contributed by atoms with Gasteiger partial charge >= 0.3 is 0 Å². The number of hydrogen-bond acceptors (Lipinski definition) is 4. The third kappa shape index (κ3) is 4.85. The monoisotopic (exact) mass is 418 g/mol. The van der Waals surface area contributed by atoms with Gasteiger partial charge in [-0.3, -0.25) is 14.5 Å². The number of carbonyl (C=O) groups is 1. The summed E-state index contributed by atoms with van der Waals surface area (Å²) in [6.45, 7) is 7.05. The lowest BCUT2D eigenvalue weighted by atomic mass is 10.0. The predicted molar refractivity (Wildman–Crippen MR) is 124 cm³/mol. The molecule has 1 N–H and O–H groups in total. The molecule has 4 rings (SSSR count). The van der Waals surface area contributed by atoms with E-state index in [2.05, 4.69) is 22.1 Å². The predicted octanol–water partition coefficient (Wildman–Crippen LogP) is 3.36. The van der Waals surface area contributed by atoms with Crippen molar-refractivity contribution in [3.63, 3.8) is 0 Å². The van der Waals surface area contributed by atoms with Gasteiger partial charge in [-0.25, -0.2) is 4.98 Å². The third-order valence-corrected chi connectivity index (χ3v) is 6.18. The van der Waals surface area contributed by atoms with Crippen LogP contribution in [0.2, 0.25) is 0 Å². The highest BCUT2D eigenvalue weighted by Crippen LogP contribution is 2.16. The van der Waals surface area contributed by atoms with Gasteiger partial charge in [-0.05, 0) is 57.0 Å². The number of nitrogens with zero attached hydrogens (tertiary/aromatic N) is 3. The number of rotatable bonds is 6. The van der Waals surface area contributed by atoms with Gasteiger partial charge in [-0.2, -0.15) is 0 Å². The molecule has 31 heavy (non-hydrogen) atoms. The summed E-state index contributed by atoms with van der Waals surface area (Å²) in [6.07, 6.45) is 3.76. The molecule has 0 bridgehead atoms. The van der Waals surface area contributed by atoms with Crippen LogP contribution in [0.5, 0.6) is 0 Å². The summed E-state index contributed by atoms with van der Waals surface area (Å²) < 4.78 is 1.73. The van der Waals surface area contributed by atoms with Crippen molar-refractivity contribution in [3.05, 3.63) is 75.7 Å². The molecule has 6 nitrogen and oxygen atoms in total. The first-order valence-electron chi connectivity index (χ1n) is 11.1. The van der Waals surface area contributed by atoms with Gasteiger partial charge in [0.1, 0.15) is 5.69 Å². The largest absolute Gasteiger partial charge is 0.351 e. The molecule has 1 aliphatic heterocycles. The highest BCUT2D eigenvalue weighted by molar-refractivity contribution is 5.97. The molecule has 0 spiro atoms. The Kier molecular flexibility index (Phi) is 6.47. The molecule has 1 amide bonds. The number of carbonyl (C=O) groups excluding carboxylic acids is 1. The van der Waals surface area contributed by atoms with Crippen LogP contribution in [0.3, 0.4) is 0 Å². The Labute approximate surface area is 182 Å². The molecule has 1 saturated heterocycles. The normalized spacial score (nSPS) is 17.0. The van der Waals surface area contributed by atoms with Crippen LogP contribution < -0.4 is 10.9 Å². The standard InChI is InChI=1S/C25H30N4O2/c1-18-8-6-7-14-28(18)15-13-26-24(30)21-11-12-23-22(16-21)27-19(2)25(31)29(23)17-20-9-4-3-5-10-20/h3-5,9-12,16,18H,6-8,13-15,17H2,1-2H3,(H,26,30)/t18-/m1/s1. The minimum absolute atomic E-state index is 0.105. The summed E-state index contributed by atoms with van der Waals surface area (Å²) in [7, 11) is 0. The maximum atomic E-state index is 12.7. The van der Waals surface area contributed by atoms with Crippen molar-refractivity contribution in [1.29, 1.82) is 0 Å². The average Bonchev–Trinajstić information content (AvgIpc) is 2.78. The molecule has 3 aromatic rings. The molecular formula is C25H30N4O2. The first kappa shape index (κ1) is 21.2. The van der Waals surface area contributed by atoms with Crippen LogP contribution in [-0.2, 0) is 6.54 Å². The Bertz CT molecular complexity index is 1120. The van der Waals surface area contributed by atoms with E-state index in [9.17, 15) is 9.59 Å². The second kappa shape index (κ2) is 9.43. The highest BCUT2D eigenvalue weighted by Gasteiger charge is 2.18. The minimum atomic E-state index is -0.107. The van der Waals surface area contributed by atoms with Crippen LogP contribution in [0.1, 0.15) is 47.8 Å². The van der Waals surface area contributed by atoms with Crippen LogP contribution in [0.25, 0.3) is 11.0 Å². The average molecular weight is 419 g/mol. The molecule has 162 valence electrons. The molecule has 1 aliphatic rings. The molecule has 2 heterocycles. The van der Waals surface area contributed by atoms with E-state index < -0.39 is 0 Å². The Morgan fingerprint density at radius 2 is 1.97 bits per heavy atom. The van der Waals surface area contributed by atoms with Crippen molar-refractivity contribution in [3.8, 4) is 0 Å². The number of aryl methyl sites for hydroxylation is 1. The van der Waals surface area contributed by atoms with Gasteiger partial charge < -0.3 is 9.88 Å². The van der Waals surface area contributed by atoms with Gasteiger partial charge in [0.15, 0.2) is 0 Å². The molecule has 0 aliphatic carbocycles. The highest BCUT2D eigenvalue weighted by atomic mass is 16.1. The van der Waals surface area contributed by atoms with E-state index >= 15 is 0 Å². The first-order valence-corrected chi connectivity index (χ1v) is 11.1. The van der Waals surface area contributed by atoms with Gasteiger partial charge in [0.05, 0.1) is 17.6 Å². The van der Waals surface area contributed by atoms with Crippen LogP contribution in [0.15, 0.2) is 53.3 Å². The summed E-state index contributed by atoms with van der Waals surface area (Å²) >= 11 is 0. The number of aromatic nitrogens is 2. The SMILES string of the molecule is Cc1nc2cc(C(=O)NCCN3CCCC[C@H]3C)ccc2n(Cc2ccccc2)c1=O. The summed E-state index contributed by atoms with van der Waals surface area (Å²) in [5, 5.41) is 3.04. The molecule has 2 aromatic carbocycles. The Morgan fingerprint density at radius 1 is 1.16 bits per heavy atom. The van der Waals surface area contributed by atoms with Crippen molar-refractivity contribution in [2.75, 3.05) is 19.6 Å². The number of benzene rings is 2.